The zero-order valence-electron chi connectivity index (χ0n) is 18.1. The molecule has 1 unspecified atom stereocenters. The second-order valence-electron chi connectivity index (χ2n) is 7.94. The van der Waals surface area contributed by atoms with Crippen LogP contribution in [-0.2, 0) is 16.0 Å². The van der Waals surface area contributed by atoms with Gasteiger partial charge in [-0.2, -0.15) is 0 Å². The Kier molecular flexibility index (Phi) is 6.07. The molecule has 7 heteroatoms. The topological polar surface area (TPSA) is 82.9 Å². The average molecular weight is 431 g/mol. The van der Waals surface area contributed by atoms with Crippen molar-refractivity contribution in [1.82, 2.24) is 4.90 Å². The summed E-state index contributed by atoms with van der Waals surface area (Å²) in [6, 6.07) is 17.6. The predicted octanol–water partition coefficient (Wildman–Crippen LogP) is 3.65. The minimum Gasteiger partial charge on any atom is -0.459 e. The van der Waals surface area contributed by atoms with Crippen molar-refractivity contribution in [3.63, 3.8) is 0 Å². The first-order chi connectivity index (χ1) is 15.4. The van der Waals surface area contributed by atoms with Crippen molar-refractivity contribution in [1.29, 1.82) is 0 Å². The normalized spacial score (nSPS) is 15.1. The third-order valence-corrected chi connectivity index (χ3v) is 5.59. The predicted molar refractivity (Wildman–Crippen MR) is 122 cm³/mol. The molecule has 164 valence electrons. The van der Waals surface area contributed by atoms with E-state index in [1.807, 2.05) is 55.5 Å². The molecule has 32 heavy (non-hydrogen) atoms. The summed E-state index contributed by atoms with van der Waals surface area (Å²) in [5, 5.41) is 2.92. The Hall–Kier alpha value is -3.87. The first-order valence-corrected chi connectivity index (χ1v) is 10.5. The smallest absolute Gasteiger partial charge is 0.289 e. The van der Waals surface area contributed by atoms with Gasteiger partial charge >= 0.3 is 0 Å². The van der Waals surface area contributed by atoms with Crippen molar-refractivity contribution in [2.75, 3.05) is 23.8 Å². The monoisotopic (exact) mass is 431 g/mol. The van der Waals surface area contributed by atoms with Crippen LogP contribution in [-0.4, -0.2) is 42.3 Å². The summed E-state index contributed by atoms with van der Waals surface area (Å²) in [4.78, 5) is 41.9. The molecule has 4 rings (SSSR count). The molecule has 0 bridgehead atoms. The molecule has 7 nitrogen and oxygen atoms in total. The molecule has 3 aromatic rings. The molecule has 1 aromatic heterocycles. The molecule has 0 aliphatic carbocycles. The highest BCUT2D eigenvalue weighted by atomic mass is 16.3. The van der Waals surface area contributed by atoms with Crippen molar-refractivity contribution in [2.45, 2.75) is 25.8 Å². The van der Waals surface area contributed by atoms with Crippen LogP contribution in [0.1, 0.15) is 28.1 Å². The molecule has 2 aromatic carbocycles. The Morgan fingerprint density at radius 3 is 2.53 bits per heavy atom. The van der Waals surface area contributed by atoms with E-state index in [4.69, 9.17) is 4.42 Å². The number of hydrogen-bond acceptors (Lipinski definition) is 4. The van der Waals surface area contributed by atoms with Gasteiger partial charge in [-0.15, -0.1) is 0 Å². The zero-order chi connectivity index (χ0) is 22.7. The number of furan rings is 1. The molecule has 3 amide bonds. The second kappa shape index (κ2) is 9.09. The van der Waals surface area contributed by atoms with E-state index in [1.165, 1.54) is 16.1 Å². The number of anilines is 2. The largest absolute Gasteiger partial charge is 0.459 e. The summed E-state index contributed by atoms with van der Waals surface area (Å²) in [5.41, 5.74) is 3.47. The van der Waals surface area contributed by atoms with Gasteiger partial charge in [-0.1, -0.05) is 35.9 Å². The summed E-state index contributed by atoms with van der Waals surface area (Å²) in [7, 11) is 1.54. The minimum atomic E-state index is -0.675. The van der Waals surface area contributed by atoms with Gasteiger partial charge in [-0.25, -0.2) is 0 Å². The number of aryl methyl sites for hydroxylation is 2. The van der Waals surface area contributed by atoms with E-state index in [0.29, 0.717) is 24.2 Å². The molecule has 0 fully saturated rings. The van der Waals surface area contributed by atoms with E-state index in [-0.39, 0.29) is 24.1 Å². The number of fused-ring (bicyclic) bond motifs is 1. The SMILES string of the molecule is Cc1ccc(NC(=O)C2CCc3ccccc3N2C(=O)CN(C)C(=O)c2ccco2)cc1. The molecule has 0 saturated carbocycles. The lowest BCUT2D eigenvalue weighted by atomic mass is 9.94. The number of nitrogens with zero attached hydrogens (tertiary/aromatic N) is 2. The van der Waals surface area contributed by atoms with Crippen molar-refractivity contribution >= 4 is 29.1 Å². The van der Waals surface area contributed by atoms with Crippen LogP contribution in [0.4, 0.5) is 11.4 Å². The highest BCUT2D eigenvalue weighted by Gasteiger charge is 2.36. The highest BCUT2D eigenvalue weighted by molar-refractivity contribution is 6.07. The fourth-order valence-electron chi connectivity index (χ4n) is 3.90. The standard InChI is InChI=1S/C25H25N3O4/c1-17-9-12-19(13-10-17)26-24(30)21-14-11-18-6-3-4-7-20(18)28(21)23(29)16-27(2)25(31)22-8-5-15-32-22/h3-10,12-13,15,21H,11,14,16H2,1-2H3,(H,26,30). The van der Waals surface area contributed by atoms with Crippen LogP contribution in [0.3, 0.4) is 0 Å². The Balaban J connectivity index is 1.57. The van der Waals surface area contributed by atoms with Crippen LogP contribution in [0.15, 0.2) is 71.3 Å². The highest BCUT2D eigenvalue weighted by Crippen LogP contribution is 2.31. The van der Waals surface area contributed by atoms with E-state index >= 15 is 0 Å². The summed E-state index contributed by atoms with van der Waals surface area (Å²) in [5.74, 6) is -0.817. The van der Waals surface area contributed by atoms with Crippen molar-refractivity contribution in [2.24, 2.45) is 0 Å². The van der Waals surface area contributed by atoms with Gasteiger partial charge in [-0.05, 0) is 55.7 Å². The number of carbonyl (C=O) groups excluding carboxylic acids is 3. The van der Waals surface area contributed by atoms with Crippen LogP contribution in [0, 0.1) is 6.92 Å². The summed E-state index contributed by atoms with van der Waals surface area (Å²) < 4.78 is 5.15. The van der Waals surface area contributed by atoms with Gasteiger partial charge in [-0.3, -0.25) is 19.3 Å². The van der Waals surface area contributed by atoms with Gasteiger partial charge in [0.2, 0.25) is 11.8 Å². The number of nitrogens with one attached hydrogen (secondary N) is 1. The van der Waals surface area contributed by atoms with Crippen LogP contribution in [0.5, 0.6) is 0 Å². The summed E-state index contributed by atoms with van der Waals surface area (Å²) in [6.07, 6.45) is 2.60. The first-order valence-electron chi connectivity index (χ1n) is 10.5. The lowest BCUT2D eigenvalue weighted by Crippen LogP contribution is -2.53. The maximum Gasteiger partial charge on any atom is 0.289 e. The van der Waals surface area contributed by atoms with Gasteiger partial charge < -0.3 is 14.6 Å². The maximum atomic E-state index is 13.4. The van der Waals surface area contributed by atoms with E-state index in [1.54, 1.807) is 19.2 Å². The molecule has 2 heterocycles. The third-order valence-electron chi connectivity index (χ3n) is 5.59. The van der Waals surface area contributed by atoms with Gasteiger partial charge in [0.05, 0.1) is 6.26 Å². The van der Waals surface area contributed by atoms with Gasteiger partial charge in [0.25, 0.3) is 5.91 Å². The van der Waals surface area contributed by atoms with Crippen molar-refractivity contribution in [3.05, 3.63) is 83.8 Å². The second-order valence-corrected chi connectivity index (χ2v) is 7.94. The van der Waals surface area contributed by atoms with Gasteiger partial charge in [0.15, 0.2) is 5.76 Å². The quantitative estimate of drug-likeness (QED) is 0.669. The molecular formula is C25H25N3O4. The lowest BCUT2D eigenvalue weighted by molar-refractivity contribution is -0.124. The van der Waals surface area contributed by atoms with Crippen LogP contribution < -0.4 is 10.2 Å². The number of amides is 3. The van der Waals surface area contributed by atoms with E-state index < -0.39 is 11.9 Å². The Morgan fingerprint density at radius 2 is 1.81 bits per heavy atom. The number of para-hydroxylation sites is 1. The Labute approximate surface area is 186 Å². The van der Waals surface area contributed by atoms with E-state index in [0.717, 1.165) is 11.1 Å². The van der Waals surface area contributed by atoms with E-state index in [2.05, 4.69) is 5.32 Å². The molecular weight excluding hydrogens is 406 g/mol. The number of hydrogen-bond donors (Lipinski definition) is 1. The first kappa shape index (κ1) is 21.4. The molecule has 1 aliphatic heterocycles. The Bertz CT molecular complexity index is 1120. The fourth-order valence-corrected chi connectivity index (χ4v) is 3.90. The van der Waals surface area contributed by atoms with Crippen molar-refractivity contribution in [3.8, 4) is 0 Å². The van der Waals surface area contributed by atoms with Gasteiger partial charge in [0, 0.05) is 18.4 Å². The third kappa shape index (κ3) is 4.42. The Morgan fingerprint density at radius 1 is 1.06 bits per heavy atom. The van der Waals surface area contributed by atoms with Crippen LogP contribution in [0.25, 0.3) is 0 Å². The molecule has 0 radical (unpaired) electrons. The zero-order valence-corrected chi connectivity index (χ0v) is 18.1. The number of likely N-dealkylation sites (N-methyl/N-ethyl adjacent to an activating group) is 1. The lowest BCUT2D eigenvalue weighted by Gasteiger charge is -2.37. The molecule has 1 N–H and O–H groups in total. The molecule has 0 spiro atoms. The van der Waals surface area contributed by atoms with Gasteiger partial charge in [0.1, 0.15) is 12.6 Å². The number of carbonyl (C=O) groups is 3. The average Bonchev–Trinajstić information content (AvgIpc) is 3.34. The molecule has 0 saturated heterocycles. The fraction of sp³-hybridized carbons (Fsp3) is 0.240. The number of benzene rings is 2. The molecule has 1 atom stereocenters. The number of rotatable bonds is 5. The van der Waals surface area contributed by atoms with Crippen molar-refractivity contribution < 1.29 is 18.8 Å². The summed E-state index contributed by atoms with van der Waals surface area (Å²) in [6.45, 7) is 1.80. The minimum absolute atomic E-state index is 0.160. The van der Waals surface area contributed by atoms with Crippen LogP contribution >= 0.6 is 0 Å². The van der Waals surface area contributed by atoms with E-state index in [9.17, 15) is 14.4 Å². The summed E-state index contributed by atoms with van der Waals surface area (Å²) >= 11 is 0. The van der Waals surface area contributed by atoms with Crippen LogP contribution in [0.2, 0.25) is 0 Å². The molecule has 1 aliphatic rings. The maximum absolute atomic E-state index is 13.4.